The monoisotopic (exact) mass is 607 g/mol. The molecule has 3 aromatic rings. The molecule has 1 saturated heterocycles. The Kier molecular flexibility index (Phi) is 9.88. The molecule has 3 heterocycles. The summed E-state index contributed by atoms with van der Waals surface area (Å²) in [6, 6.07) is 9.86. The molecule has 0 radical (unpaired) electrons. The van der Waals surface area contributed by atoms with E-state index < -0.39 is 17.9 Å². The van der Waals surface area contributed by atoms with Crippen molar-refractivity contribution in [2.45, 2.75) is 84.2 Å². The summed E-state index contributed by atoms with van der Waals surface area (Å²) in [6.07, 6.45) is 5.94. The van der Waals surface area contributed by atoms with Gasteiger partial charge in [0, 0.05) is 36.7 Å². The lowest BCUT2D eigenvalue weighted by Crippen LogP contribution is -2.48. The van der Waals surface area contributed by atoms with Crippen LogP contribution in [0.4, 0.5) is 10.1 Å². The van der Waals surface area contributed by atoms with E-state index in [-0.39, 0.29) is 37.0 Å². The van der Waals surface area contributed by atoms with Gasteiger partial charge in [-0.25, -0.2) is 9.37 Å². The number of fused-ring (bicyclic) bond motifs is 1. The van der Waals surface area contributed by atoms with Crippen molar-refractivity contribution in [2.24, 2.45) is 5.92 Å². The number of likely N-dealkylation sites (tertiary alicyclic amines) is 1. The molecule has 5 rings (SSSR count). The van der Waals surface area contributed by atoms with E-state index in [2.05, 4.69) is 18.8 Å². The molecule has 44 heavy (non-hydrogen) atoms. The number of oxazole rings is 1. The molecule has 1 aromatic heterocycles. The van der Waals surface area contributed by atoms with E-state index in [4.69, 9.17) is 13.9 Å². The molecule has 2 aromatic carbocycles. The van der Waals surface area contributed by atoms with Crippen molar-refractivity contribution in [3.63, 3.8) is 0 Å². The fourth-order valence-electron chi connectivity index (χ4n) is 6.78. The number of hydrogen-bond acceptors (Lipinski definition) is 7. The van der Waals surface area contributed by atoms with Gasteiger partial charge in [-0.2, -0.15) is 0 Å². The predicted octanol–water partition coefficient (Wildman–Crippen LogP) is 6.26. The van der Waals surface area contributed by atoms with Gasteiger partial charge in [0.2, 0.25) is 12.7 Å². The SMILES string of the molecule is CCCC(CCC)N(C(=O)CN1CC(c2ccc3c(c2)OCO3)[C@H](C(=O)O)[C@H]1CCc1ncc(C)o1)c1ccc(F)c(C)c1. The van der Waals surface area contributed by atoms with Crippen molar-refractivity contribution < 1.29 is 33.0 Å². The Balaban J connectivity index is 1.48. The number of hydrogen-bond donors (Lipinski definition) is 1. The Morgan fingerprint density at radius 1 is 1.09 bits per heavy atom. The van der Waals surface area contributed by atoms with Crippen LogP contribution < -0.4 is 14.4 Å². The number of carboxylic acid groups (broad SMARTS) is 1. The van der Waals surface area contributed by atoms with Crippen LogP contribution in [0, 0.1) is 25.6 Å². The van der Waals surface area contributed by atoms with Gasteiger partial charge < -0.3 is 23.9 Å². The lowest BCUT2D eigenvalue weighted by atomic mass is 9.83. The molecule has 1 N–H and O–H groups in total. The van der Waals surface area contributed by atoms with Gasteiger partial charge in [0.05, 0.1) is 18.7 Å². The van der Waals surface area contributed by atoms with Gasteiger partial charge >= 0.3 is 5.97 Å². The van der Waals surface area contributed by atoms with Crippen molar-refractivity contribution >= 4 is 17.6 Å². The van der Waals surface area contributed by atoms with Crippen molar-refractivity contribution in [3.05, 3.63) is 71.2 Å². The number of ether oxygens (including phenoxy) is 2. The topological polar surface area (TPSA) is 105 Å². The van der Waals surface area contributed by atoms with E-state index in [9.17, 15) is 19.1 Å². The summed E-state index contributed by atoms with van der Waals surface area (Å²) in [6.45, 7) is 8.23. The van der Waals surface area contributed by atoms with Crippen LogP contribution >= 0.6 is 0 Å². The second kappa shape index (κ2) is 13.8. The Morgan fingerprint density at radius 3 is 2.50 bits per heavy atom. The Hall–Kier alpha value is -3.92. The zero-order chi connectivity index (χ0) is 31.4. The average molecular weight is 608 g/mol. The first-order valence-electron chi connectivity index (χ1n) is 15.6. The van der Waals surface area contributed by atoms with E-state index in [0.29, 0.717) is 53.8 Å². The van der Waals surface area contributed by atoms with E-state index in [1.54, 1.807) is 25.3 Å². The van der Waals surface area contributed by atoms with Crippen LogP contribution in [0.15, 0.2) is 47.0 Å². The maximum Gasteiger partial charge on any atom is 0.308 e. The van der Waals surface area contributed by atoms with Gasteiger partial charge in [-0.1, -0.05) is 32.8 Å². The molecule has 9 nitrogen and oxygen atoms in total. The van der Waals surface area contributed by atoms with Crippen molar-refractivity contribution in [3.8, 4) is 11.5 Å². The number of aliphatic carboxylic acids is 1. The molecule has 236 valence electrons. The van der Waals surface area contributed by atoms with Crippen LogP contribution in [0.5, 0.6) is 11.5 Å². The van der Waals surface area contributed by atoms with Gasteiger partial charge in [0.1, 0.15) is 11.6 Å². The van der Waals surface area contributed by atoms with Gasteiger partial charge in [0.15, 0.2) is 17.4 Å². The minimum atomic E-state index is -0.919. The Labute approximate surface area is 258 Å². The molecule has 1 fully saturated rings. The first kappa shape index (κ1) is 31.5. The van der Waals surface area contributed by atoms with Crippen LogP contribution in [0.3, 0.4) is 0 Å². The third-order valence-electron chi connectivity index (χ3n) is 8.82. The Bertz CT molecular complexity index is 1470. The highest BCUT2D eigenvalue weighted by Gasteiger charge is 2.47. The summed E-state index contributed by atoms with van der Waals surface area (Å²) in [4.78, 5) is 35.4. The summed E-state index contributed by atoms with van der Waals surface area (Å²) in [5.74, 6) is -0.0725. The largest absolute Gasteiger partial charge is 0.481 e. The van der Waals surface area contributed by atoms with E-state index in [1.807, 2.05) is 34.9 Å². The zero-order valence-electron chi connectivity index (χ0n) is 25.9. The average Bonchev–Trinajstić information content (AvgIpc) is 3.72. The van der Waals surface area contributed by atoms with E-state index in [1.165, 1.54) is 6.07 Å². The summed E-state index contributed by atoms with van der Waals surface area (Å²) in [5.41, 5.74) is 1.96. The molecule has 2 aliphatic heterocycles. The molecule has 10 heteroatoms. The fraction of sp³-hybridized carbons (Fsp3) is 0.500. The van der Waals surface area contributed by atoms with E-state index in [0.717, 1.165) is 31.2 Å². The van der Waals surface area contributed by atoms with Gasteiger partial charge in [-0.3, -0.25) is 14.5 Å². The Morgan fingerprint density at radius 2 is 1.84 bits per heavy atom. The number of carbonyl (C=O) groups is 2. The number of carboxylic acids is 1. The molecule has 3 atom stereocenters. The number of amides is 1. The van der Waals surface area contributed by atoms with Crippen molar-refractivity contribution in [1.29, 1.82) is 0 Å². The van der Waals surface area contributed by atoms with Gasteiger partial charge in [0.25, 0.3) is 0 Å². The highest BCUT2D eigenvalue weighted by molar-refractivity contribution is 5.95. The quantitative estimate of drug-likeness (QED) is 0.243. The molecule has 0 aliphatic carbocycles. The third-order valence-corrected chi connectivity index (χ3v) is 8.82. The number of halogens is 1. The van der Waals surface area contributed by atoms with E-state index >= 15 is 0 Å². The van der Waals surface area contributed by atoms with Crippen molar-refractivity contribution in [1.82, 2.24) is 9.88 Å². The predicted molar refractivity (Wildman–Crippen MR) is 164 cm³/mol. The van der Waals surface area contributed by atoms with Crippen LogP contribution in [0.1, 0.15) is 74.6 Å². The minimum absolute atomic E-state index is 0.0282. The molecule has 0 bridgehead atoms. The molecule has 0 saturated carbocycles. The van der Waals surface area contributed by atoms with Crippen molar-refractivity contribution in [2.75, 3.05) is 24.8 Å². The lowest BCUT2D eigenvalue weighted by molar-refractivity contribution is -0.143. The number of carbonyl (C=O) groups excluding carboxylic acids is 1. The molecular weight excluding hydrogens is 565 g/mol. The second-order valence-corrected chi connectivity index (χ2v) is 11.9. The number of aromatic nitrogens is 1. The maximum absolute atomic E-state index is 14.4. The smallest absolute Gasteiger partial charge is 0.308 e. The number of benzene rings is 2. The highest BCUT2D eigenvalue weighted by atomic mass is 19.1. The molecular formula is C34H42FN3O6. The first-order valence-corrected chi connectivity index (χ1v) is 15.6. The summed E-state index contributed by atoms with van der Waals surface area (Å²) in [5, 5.41) is 10.6. The highest BCUT2D eigenvalue weighted by Crippen LogP contribution is 2.43. The standard InChI is InChI=1S/C34H42FN3O6/c1-5-7-24(8-6-2)38(25-10-11-27(35)21(3)15-25)32(39)19-37-18-26(23-9-13-29-30(16-23)43-20-42-29)33(34(40)41)28(37)12-14-31-36-17-22(4)44-31/h9-11,13,15-17,24,26,28,33H,5-8,12,14,18-20H2,1-4H3,(H,40,41)/t26?,28-,33+/m1/s1. The molecule has 1 amide bonds. The van der Waals surface area contributed by atoms with Crippen LogP contribution in [-0.4, -0.2) is 58.8 Å². The normalized spacial score (nSPS) is 19.5. The minimum Gasteiger partial charge on any atom is -0.481 e. The maximum atomic E-state index is 14.4. The molecule has 1 unspecified atom stereocenters. The number of rotatable bonds is 13. The van der Waals surface area contributed by atoms with Crippen LogP contribution in [0.25, 0.3) is 0 Å². The summed E-state index contributed by atoms with van der Waals surface area (Å²) < 4.78 is 31.1. The number of aryl methyl sites for hydroxylation is 3. The summed E-state index contributed by atoms with van der Waals surface area (Å²) in [7, 11) is 0. The molecule has 0 spiro atoms. The number of anilines is 1. The fourth-order valence-corrected chi connectivity index (χ4v) is 6.78. The van der Waals surface area contributed by atoms with Gasteiger partial charge in [-0.15, -0.1) is 0 Å². The van der Waals surface area contributed by atoms with Crippen LogP contribution in [-0.2, 0) is 16.0 Å². The molecule has 2 aliphatic rings. The third kappa shape index (κ3) is 6.75. The summed E-state index contributed by atoms with van der Waals surface area (Å²) >= 11 is 0. The lowest BCUT2D eigenvalue weighted by Gasteiger charge is -2.35. The zero-order valence-corrected chi connectivity index (χ0v) is 25.9. The first-order chi connectivity index (χ1) is 21.2. The van der Waals surface area contributed by atoms with Crippen LogP contribution in [0.2, 0.25) is 0 Å². The second-order valence-electron chi connectivity index (χ2n) is 11.9. The van der Waals surface area contributed by atoms with Gasteiger partial charge in [-0.05, 0) is 74.6 Å². The number of nitrogens with zero attached hydrogens (tertiary/aromatic N) is 3.